The standard InChI is InChI=1S/C20H32N4OS.HI/c1-4-5-6-7-8-13-23(3)20(21-2)22-12-9-19(25)24-14-10-18-17(16-24)11-15-26-18;/h4,11,15H,1,5-10,12-14,16H2,2-3H3,(H,21,22);1H. The third kappa shape index (κ3) is 7.81. The predicted octanol–water partition coefficient (Wildman–Crippen LogP) is 3.89. The van der Waals surface area contributed by atoms with Crippen molar-refractivity contribution in [1.29, 1.82) is 0 Å². The fraction of sp³-hybridized carbons (Fsp3) is 0.600. The molecular weight excluding hydrogens is 471 g/mol. The van der Waals surface area contributed by atoms with Crippen LogP contribution in [0.2, 0.25) is 0 Å². The van der Waals surface area contributed by atoms with Gasteiger partial charge in [0.25, 0.3) is 0 Å². The van der Waals surface area contributed by atoms with Crippen molar-refractivity contribution in [3.8, 4) is 0 Å². The van der Waals surface area contributed by atoms with Gasteiger partial charge in [0.05, 0.1) is 0 Å². The zero-order chi connectivity index (χ0) is 18.8. The van der Waals surface area contributed by atoms with E-state index in [4.69, 9.17) is 0 Å². The van der Waals surface area contributed by atoms with E-state index < -0.39 is 0 Å². The summed E-state index contributed by atoms with van der Waals surface area (Å²) >= 11 is 1.80. The van der Waals surface area contributed by atoms with E-state index in [0.717, 1.165) is 44.9 Å². The topological polar surface area (TPSA) is 47.9 Å². The third-order valence-electron chi connectivity index (χ3n) is 4.76. The second kappa shape index (κ2) is 13.1. The fourth-order valence-electron chi connectivity index (χ4n) is 3.21. The molecule has 1 aliphatic heterocycles. The molecule has 0 radical (unpaired) electrons. The van der Waals surface area contributed by atoms with Crippen molar-refractivity contribution in [3.63, 3.8) is 0 Å². The highest BCUT2D eigenvalue weighted by molar-refractivity contribution is 14.0. The average molecular weight is 504 g/mol. The number of aliphatic imine (C=N–C) groups is 1. The molecule has 0 fully saturated rings. The molecule has 27 heavy (non-hydrogen) atoms. The molecule has 2 rings (SSSR count). The number of unbranched alkanes of at least 4 members (excludes halogenated alkanes) is 3. The molecular formula is C20H33IN4OS. The van der Waals surface area contributed by atoms with Crippen LogP contribution >= 0.6 is 35.3 Å². The van der Waals surface area contributed by atoms with Crippen LogP contribution in [-0.4, -0.2) is 55.4 Å². The molecule has 152 valence electrons. The van der Waals surface area contributed by atoms with Crippen LogP contribution in [-0.2, 0) is 17.8 Å². The van der Waals surface area contributed by atoms with Crippen molar-refractivity contribution in [3.05, 3.63) is 34.5 Å². The van der Waals surface area contributed by atoms with Crippen molar-refractivity contribution in [1.82, 2.24) is 15.1 Å². The summed E-state index contributed by atoms with van der Waals surface area (Å²) in [4.78, 5) is 22.3. The van der Waals surface area contributed by atoms with E-state index in [9.17, 15) is 4.79 Å². The predicted molar refractivity (Wildman–Crippen MR) is 126 cm³/mol. The van der Waals surface area contributed by atoms with Gasteiger partial charge in [0.15, 0.2) is 5.96 Å². The Morgan fingerprint density at radius 3 is 3.00 bits per heavy atom. The SMILES string of the molecule is C=CCCCCCN(C)C(=NC)NCCC(=O)N1CCc2sccc2C1.I. The first-order valence-electron chi connectivity index (χ1n) is 9.51. The summed E-state index contributed by atoms with van der Waals surface area (Å²) in [5.41, 5.74) is 1.31. The number of halogens is 1. The fourth-order valence-corrected chi connectivity index (χ4v) is 4.10. The lowest BCUT2D eigenvalue weighted by Crippen LogP contribution is -2.42. The Labute approximate surface area is 184 Å². The monoisotopic (exact) mass is 504 g/mol. The molecule has 5 nitrogen and oxygen atoms in total. The molecule has 0 spiro atoms. The second-order valence-corrected chi connectivity index (χ2v) is 7.72. The summed E-state index contributed by atoms with van der Waals surface area (Å²) in [6.45, 7) is 6.95. The molecule has 2 heterocycles. The third-order valence-corrected chi connectivity index (χ3v) is 5.78. The van der Waals surface area contributed by atoms with Crippen LogP contribution < -0.4 is 5.32 Å². The minimum absolute atomic E-state index is 0. The maximum absolute atomic E-state index is 12.5. The van der Waals surface area contributed by atoms with E-state index in [0.29, 0.717) is 13.0 Å². The molecule has 7 heteroatoms. The van der Waals surface area contributed by atoms with Gasteiger partial charge < -0.3 is 15.1 Å². The van der Waals surface area contributed by atoms with Gasteiger partial charge in [-0.3, -0.25) is 9.79 Å². The van der Waals surface area contributed by atoms with E-state index in [-0.39, 0.29) is 29.9 Å². The molecule has 0 aliphatic carbocycles. The number of fused-ring (bicyclic) bond motifs is 1. The first-order valence-corrected chi connectivity index (χ1v) is 10.4. The lowest BCUT2D eigenvalue weighted by Gasteiger charge is -2.27. The van der Waals surface area contributed by atoms with E-state index in [1.165, 1.54) is 23.3 Å². The van der Waals surface area contributed by atoms with E-state index in [1.807, 2.05) is 18.0 Å². The number of nitrogens with one attached hydrogen (secondary N) is 1. The van der Waals surface area contributed by atoms with E-state index in [1.54, 1.807) is 18.4 Å². The van der Waals surface area contributed by atoms with Crippen LogP contribution in [0.15, 0.2) is 29.1 Å². The van der Waals surface area contributed by atoms with Crippen molar-refractivity contribution >= 4 is 47.2 Å². The molecule has 0 atom stereocenters. The van der Waals surface area contributed by atoms with Crippen molar-refractivity contribution in [2.75, 3.05) is 33.7 Å². The van der Waals surface area contributed by atoms with Crippen LogP contribution in [0.4, 0.5) is 0 Å². The molecule has 1 N–H and O–H groups in total. The van der Waals surface area contributed by atoms with Gasteiger partial charge in [0, 0.05) is 51.6 Å². The quantitative estimate of drug-likeness (QED) is 0.183. The first kappa shape index (κ1) is 23.9. The zero-order valence-corrected chi connectivity index (χ0v) is 19.7. The Kier molecular flexibility index (Phi) is 11.7. The Morgan fingerprint density at radius 2 is 2.26 bits per heavy atom. The number of allylic oxidation sites excluding steroid dienone is 1. The van der Waals surface area contributed by atoms with Crippen molar-refractivity contribution in [2.24, 2.45) is 4.99 Å². The molecule has 0 saturated carbocycles. The summed E-state index contributed by atoms with van der Waals surface area (Å²) in [5.74, 6) is 1.08. The summed E-state index contributed by atoms with van der Waals surface area (Å²) in [6, 6.07) is 2.14. The van der Waals surface area contributed by atoms with Gasteiger partial charge >= 0.3 is 0 Å². The van der Waals surface area contributed by atoms with Gasteiger partial charge in [-0.1, -0.05) is 12.5 Å². The Hall–Kier alpha value is -1.09. The summed E-state index contributed by atoms with van der Waals surface area (Å²) in [7, 11) is 3.84. The molecule has 0 unspecified atom stereocenters. The number of hydrogen-bond donors (Lipinski definition) is 1. The largest absolute Gasteiger partial charge is 0.356 e. The highest BCUT2D eigenvalue weighted by Crippen LogP contribution is 2.24. The minimum Gasteiger partial charge on any atom is -0.356 e. The van der Waals surface area contributed by atoms with Crippen molar-refractivity contribution < 1.29 is 4.79 Å². The van der Waals surface area contributed by atoms with Gasteiger partial charge in [-0.05, 0) is 42.7 Å². The lowest BCUT2D eigenvalue weighted by molar-refractivity contribution is -0.131. The number of rotatable bonds is 9. The number of carbonyl (C=O) groups excluding carboxylic acids is 1. The van der Waals surface area contributed by atoms with Crippen LogP contribution in [0.3, 0.4) is 0 Å². The summed E-state index contributed by atoms with van der Waals surface area (Å²) < 4.78 is 0. The zero-order valence-electron chi connectivity index (χ0n) is 16.6. The van der Waals surface area contributed by atoms with Gasteiger partial charge in [-0.2, -0.15) is 0 Å². The molecule has 1 aromatic rings. The van der Waals surface area contributed by atoms with E-state index in [2.05, 4.69) is 33.2 Å². The summed E-state index contributed by atoms with van der Waals surface area (Å²) in [6.07, 6.45) is 8.09. The molecule has 1 aliphatic rings. The number of guanidine groups is 1. The number of carbonyl (C=O) groups is 1. The van der Waals surface area contributed by atoms with Gasteiger partial charge in [0.2, 0.25) is 5.91 Å². The van der Waals surface area contributed by atoms with Crippen LogP contribution in [0, 0.1) is 0 Å². The van der Waals surface area contributed by atoms with E-state index >= 15 is 0 Å². The Bertz CT molecular complexity index is 617. The number of thiophene rings is 1. The molecule has 1 amide bonds. The number of nitrogens with zero attached hydrogens (tertiary/aromatic N) is 3. The first-order chi connectivity index (χ1) is 12.7. The molecule has 0 aromatic carbocycles. The second-order valence-electron chi connectivity index (χ2n) is 6.72. The highest BCUT2D eigenvalue weighted by atomic mass is 127. The van der Waals surface area contributed by atoms with Gasteiger partial charge in [-0.25, -0.2) is 0 Å². The van der Waals surface area contributed by atoms with Crippen LogP contribution in [0.25, 0.3) is 0 Å². The lowest BCUT2D eigenvalue weighted by atomic mass is 10.1. The maximum Gasteiger partial charge on any atom is 0.224 e. The normalized spacial score (nSPS) is 13.6. The average Bonchev–Trinajstić information content (AvgIpc) is 3.12. The van der Waals surface area contributed by atoms with Gasteiger partial charge in [0.1, 0.15) is 0 Å². The Balaban J connectivity index is 0.00000364. The molecule has 1 aromatic heterocycles. The smallest absolute Gasteiger partial charge is 0.224 e. The number of amides is 1. The van der Waals surface area contributed by atoms with Crippen LogP contribution in [0.1, 0.15) is 42.5 Å². The highest BCUT2D eigenvalue weighted by Gasteiger charge is 2.21. The number of hydrogen-bond acceptors (Lipinski definition) is 3. The van der Waals surface area contributed by atoms with Crippen LogP contribution in [0.5, 0.6) is 0 Å². The molecule has 0 saturated heterocycles. The summed E-state index contributed by atoms with van der Waals surface area (Å²) in [5, 5.41) is 5.44. The molecule has 0 bridgehead atoms. The van der Waals surface area contributed by atoms with Crippen molar-refractivity contribution in [2.45, 2.75) is 45.1 Å². The van der Waals surface area contributed by atoms with Gasteiger partial charge in [-0.15, -0.1) is 41.9 Å². The Morgan fingerprint density at radius 1 is 1.44 bits per heavy atom. The maximum atomic E-state index is 12.5. The minimum atomic E-state index is 0.